The number of nitrogens with one attached hydrogen (secondary N) is 1. The topological polar surface area (TPSA) is 65.4 Å². The first-order chi connectivity index (χ1) is 17.7. The van der Waals surface area contributed by atoms with Crippen LogP contribution >= 0.6 is 0 Å². The summed E-state index contributed by atoms with van der Waals surface area (Å²) in [6, 6.07) is 15.9. The van der Waals surface area contributed by atoms with Crippen LogP contribution < -0.4 is 5.32 Å². The lowest BCUT2D eigenvalue weighted by Gasteiger charge is -2.39. The number of benzene rings is 2. The molecule has 0 bridgehead atoms. The molecule has 0 aliphatic carbocycles. The fourth-order valence-electron chi connectivity index (χ4n) is 4.70. The van der Waals surface area contributed by atoms with Gasteiger partial charge in [0, 0.05) is 18.5 Å². The number of rotatable bonds is 8. The van der Waals surface area contributed by atoms with Crippen molar-refractivity contribution in [3.63, 3.8) is 0 Å². The highest BCUT2D eigenvalue weighted by Gasteiger charge is 2.34. The summed E-state index contributed by atoms with van der Waals surface area (Å²) in [7, 11) is 0. The first-order valence-electron chi connectivity index (χ1n) is 12.9. The minimum Gasteiger partial charge on any atom is -0.347 e. The number of amides is 1. The Balaban J connectivity index is 1.72. The normalized spacial score (nSPS) is 19.4. The molecule has 0 unspecified atom stereocenters. The third-order valence-electron chi connectivity index (χ3n) is 6.42. The average Bonchev–Trinajstić information content (AvgIpc) is 3.26. The van der Waals surface area contributed by atoms with Crippen LogP contribution in [-0.2, 0) is 16.0 Å². The lowest BCUT2D eigenvalue weighted by Crippen LogP contribution is -2.43. The quantitative estimate of drug-likeness (QED) is 0.385. The van der Waals surface area contributed by atoms with Crippen molar-refractivity contribution in [2.24, 2.45) is 0 Å². The van der Waals surface area contributed by atoms with Crippen LogP contribution in [0.1, 0.15) is 80.7 Å². The van der Waals surface area contributed by atoms with E-state index in [1.165, 1.54) is 12.1 Å². The second kappa shape index (κ2) is 11.4. The van der Waals surface area contributed by atoms with Crippen molar-refractivity contribution in [1.82, 2.24) is 15.1 Å². The van der Waals surface area contributed by atoms with E-state index >= 15 is 0 Å². The van der Waals surface area contributed by atoms with Gasteiger partial charge in [0.1, 0.15) is 5.82 Å². The lowest BCUT2D eigenvalue weighted by molar-refractivity contribution is -0.290. The van der Waals surface area contributed by atoms with E-state index in [2.05, 4.69) is 12.2 Å². The van der Waals surface area contributed by atoms with E-state index < -0.39 is 5.79 Å². The first-order valence-corrected chi connectivity index (χ1v) is 12.9. The minimum absolute atomic E-state index is 0.0155. The SMILES string of the molecule is CC[C@H]1C[C@@H](C=Cc2c(C(C)C)c(C(=O)NCc3ccccc3)nn2-c2ccc(F)cc2)OC(C)(C)O1. The molecular weight excluding hydrogens is 469 g/mol. The smallest absolute Gasteiger partial charge is 0.272 e. The standard InChI is InChI=1S/C30H36FN3O3/c1-6-24-18-25(37-30(4,5)36-24)16-17-26-27(20(2)3)28(29(35)32-19-21-10-8-7-9-11-21)33-34(26)23-14-12-22(31)13-15-23/h7-17,20,24-25H,6,18-19H2,1-5H3,(H,32,35)/t24-,25+/m0/s1. The molecule has 0 radical (unpaired) electrons. The van der Waals surface area contributed by atoms with E-state index in [4.69, 9.17) is 14.6 Å². The number of ether oxygens (including phenoxy) is 2. The van der Waals surface area contributed by atoms with E-state index in [9.17, 15) is 9.18 Å². The molecule has 1 aliphatic rings. The van der Waals surface area contributed by atoms with Gasteiger partial charge in [-0.1, -0.05) is 57.2 Å². The van der Waals surface area contributed by atoms with E-state index in [-0.39, 0.29) is 29.9 Å². The Morgan fingerprint density at radius 3 is 2.51 bits per heavy atom. The van der Waals surface area contributed by atoms with Crippen LogP contribution in [0.2, 0.25) is 0 Å². The summed E-state index contributed by atoms with van der Waals surface area (Å²) in [6.45, 7) is 10.4. The molecule has 7 heteroatoms. The molecule has 1 fully saturated rings. The molecule has 0 spiro atoms. The number of hydrogen-bond acceptors (Lipinski definition) is 4. The van der Waals surface area contributed by atoms with Gasteiger partial charge in [0.2, 0.25) is 0 Å². The Bertz CT molecular complexity index is 1230. The van der Waals surface area contributed by atoms with Gasteiger partial charge in [-0.25, -0.2) is 9.07 Å². The maximum absolute atomic E-state index is 13.7. The molecule has 1 N–H and O–H groups in total. The number of carbonyl (C=O) groups is 1. The third-order valence-corrected chi connectivity index (χ3v) is 6.42. The van der Waals surface area contributed by atoms with Crippen molar-refractivity contribution < 1.29 is 18.7 Å². The predicted molar refractivity (Wildman–Crippen MR) is 143 cm³/mol. The second-order valence-corrected chi connectivity index (χ2v) is 10.2. The van der Waals surface area contributed by atoms with Gasteiger partial charge in [0.05, 0.1) is 23.6 Å². The van der Waals surface area contributed by atoms with E-state index in [1.54, 1.807) is 16.8 Å². The largest absolute Gasteiger partial charge is 0.347 e. The molecule has 1 saturated heterocycles. The van der Waals surface area contributed by atoms with Gasteiger partial charge in [-0.3, -0.25) is 4.79 Å². The number of carbonyl (C=O) groups excluding carboxylic acids is 1. The Morgan fingerprint density at radius 2 is 1.86 bits per heavy atom. The monoisotopic (exact) mass is 505 g/mol. The number of hydrogen-bond donors (Lipinski definition) is 1. The molecule has 3 aromatic rings. The highest BCUT2D eigenvalue weighted by molar-refractivity contribution is 5.95. The van der Waals surface area contributed by atoms with Crippen molar-refractivity contribution in [3.05, 3.63) is 89.0 Å². The predicted octanol–water partition coefficient (Wildman–Crippen LogP) is 6.40. The molecule has 2 aromatic carbocycles. The summed E-state index contributed by atoms with van der Waals surface area (Å²) in [4.78, 5) is 13.4. The van der Waals surface area contributed by atoms with Gasteiger partial charge in [-0.15, -0.1) is 0 Å². The average molecular weight is 506 g/mol. The van der Waals surface area contributed by atoms with Crippen LogP contribution in [0.15, 0.2) is 60.7 Å². The highest BCUT2D eigenvalue weighted by atomic mass is 19.1. The Labute approximate surface area is 218 Å². The van der Waals surface area contributed by atoms with Crippen LogP contribution in [0.4, 0.5) is 4.39 Å². The molecule has 6 nitrogen and oxygen atoms in total. The Hall–Kier alpha value is -3.29. The summed E-state index contributed by atoms with van der Waals surface area (Å²) >= 11 is 0. The van der Waals surface area contributed by atoms with Gasteiger partial charge in [-0.2, -0.15) is 5.10 Å². The van der Waals surface area contributed by atoms with Crippen molar-refractivity contribution in [2.75, 3.05) is 0 Å². The summed E-state index contributed by atoms with van der Waals surface area (Å²) < 4.78 is 27.6. The van der Waals surface area contributed by atoms with E-state index in [0.717, 1.165) is 29.7 Å². The van der Waals surface area contributed by atoms with Crippen LogP contribution in [0.3, 0.4) is 0 Å². The van der Waals surface area contributed by atoms with Crippen molar-refractivity contribution in [3.8, 4) is 5.69 Å². The Kier molecular flexibility index (Phi) is 8.25. The van der Waals surface area contributed by atoms with E-state index in [0.29, 0.717) is 17.9 Å². The van der Waals surface area contributed by atoms with E-state index in [1.807, 2.05) is 70.2 Å². The zero-order chi connectivity index (χ0) is 26.6. The Morgan fingerprint density at radius 1 is 1.16 bits per heavy atom. The molecule has 196 valence electrons. The summed E-state index contributed by atoms with van der Waals surface area (Å²) in [5.74, 6) is -1.25. The fraction of sp³-hybridized carbons (Fsp3) is 0.400. The van der Waals surface area contributed by atoms with Crippen LogP contribution in [0, 0.1) is 5.82 Å². The second-order valence-electron chi connectivity index (χ2n) is 10.2. The van der Waals surface area contributed by atoms with Crippen LogP contribution in [0.5, 0.6) is 0 Å². The summed E-state index contributed by atoms with van der Waals surface area (Å²) in [5, 5.41) is 7.73. The molecule has 2 heterocycles. The molecule has 2 atom stereocenters. The van der Waals surface area contributed by atoms with Gasteiger partial charge in [0.25, 0.3) is 5.91 Å². The molecule has 1 aromatic heterocycles. The fourth-order valence-corrected chi connectivity index (χ4v) is 4.70. The van der Waals surface area contributed by atoms with Gasteiger partial charge >= 0.3 is 0 Å². The molecule has 1 aliphatic heterocycles. The molecule has 1 amide bonds. The minimum atomic E-state index is -0.686. The third kappa shape index (κ3) is 6.53. The maximum atomic E-state index is 13.7. The van der Waals surface area contributed by atoms with Crippen LogP contribution in [0.25, 0.3) is 11.8 Å². The number of aromatic nitrogens is 2. The molecule has 0 saturated carbocycles. The molecular formula is C30H36FN3O3. The van der Waals surface area contributed by atoms with Crippen molar-refractivity contribution >= 4 is 12.0 Å². The summed E-state index contributed by atoms with van der Waals surface area (Å²) in [5.41, 5.74) is 3.63. The first kappa shape index (κ1) is 26.8. The zero-order valence-electron chi connectivity index (χ0n) is 22.2. The zero-order valence-corrected chi connectivity index (χ0v) is 22.2. The highest BCUT2D eigenvalue weighted by Crippen LogP contribution is 2.31. The van der Waals surface area contributed by atoms with Crippen molar-refractivity contribution in [2.45, 2.75) is 77.9 Å². The van der Waals surface area contributed by atoms with Crippen molar-refractivity contribution in [1.29, 1.82) is 0 Å². The lowest BCUT2D eigenvalue weighted by atomic mass is 9.98. The maximum Gasteiger partial charge on any atom is 0.272 e. The molecule has 4 rings (SSSR count). The van der Waals surface area contributed by atoms with Gasteiger partial charge < -0.3 is 14.8 Å². The molecule has 37 heavy (non-hydrogen) atoms. The van der Waals surface area contributed by atoms with Gasteiger partial charge in [-0.05, 0) is 62.1 Å². The summed E-state index contributed by atoms with van der Waals surface area (Å²) in [6.07, 6.45) is 5.57. The van der Waals surface area contributed by atoms with Gasteiger partial charge in [0.15, 0.2) is 11.5 Å². The van der Waals surface area contributed by atoms with Crippen LogP contribution in [-0.4, -0.2) is 33.7 Å². The number of nitrogens with zero attached hydrogens (tertiary/aromatic N) is 2. The number of halogens is 1.